The number of aliphatic hydroxyl groups excluding tert-OH is 2. The Morgan fingerprint density at radius 1 is 1.17 bits per heavy atom. The molecule has 2 atom stereocenters. The van der Waals surface area contributed by atoms with Gasteiger partial charge in [0, 0.05) is 31.9 Å². The monoisotopic (exact) mass is 322 g/mol. The number of hydrogen-bond acceptors (Lipinski definition) is 6. The summed E-state index contributed by atoms with van der Waals surface area (Å²) in [5.41, 5.74) is 1.70. The van der Waals surface area contributed by atoms with E-state index in [9.17, 15) is 15.0 Å². The lowest BCUT2D eigenvalue weighted by atomic mass is 10.0. The SMILES string of the molecule is CCOC(=O)CC(O)C(O)c1ccc(N2CCN(C)CC2)cc1. The van der Waals surface area contributed by atoms with Gasteiger partial charge in [0.1, 0.15) is 6.10 Å². The van der Waals surface area contributed by atoms with Crippen LogP contribution in [-0.4, -0.2) is 67.0 Å². The molecule has 1 fully saturated rings. The maximum atomic E-state index is 11.4. The summed E-state index contributed by atoms with van der Waals surface area (Å²) in [6.07, 6.45) is -2.47. The predicted octanol–water partition coefficient (Wildman–Crippen LogP) is 0.786. The molecule has 6 nitrogen and oxygen atoms in total. The predicted molar refractivity (Wildman–Crippen MR) is 88.4 cm³/mol. The van der Waals surface area contributed by atoms with Gasteiger partial charge in [-0.2, -0.15) is 0 Å². The lowest BCUT2D eigenvalue weighted by molar-refractivity contribution is -0.147. The smallest absolute Gasteiger partial charge is 0.308 e. The number of carbonyl (C=O) groups is 1. The third-order valence-corrected chi connectivity index (χ3v) is 4.15. The maximum Gasteiger partial charge on any atom is 0.308 e. The van der Waals surface area contributed by atoms with Crippen molar-refractivity contribution in [2.24, 2.45) is 0 Å². The molecule has 1 aromatic rings. The van der Waals surface area contributed by atoms with Gasteiger partial charge in [0.15, 0.2) is 0 Å². The standard InChI is InChI=1S/C17H26N2O4/c1-3-23-16(21)12-15(20)17(22)13-4-6-14(7-5-13)19-10-8-18(2)9-11-19/h4-7,15,17,20,22H,3,8-12H2,1-2H3. The van der Waals surface area contributed by atoms with Gasteiger partial charge in [0.05, 0.1) is 19.1 Å². The van der Waals surface area contributed by atoms with Crippen LogP contribution < -0.4 is 4.90 Å². The molecule has 0 aromatic heterocycles. The molecule has 128 valence electrons. The Balaban J connectivity index is 1.94. The molecule has 23 heavy (non-hydrogen) atoms. The largest absolute Gasteiger partial charge is 0.466 e. The summed E-state index contributed by atoms with van der Waals surface area (Å²) < 4.78 is 4.78. The number of rotatable bonds is 6. The highest BCUT2D eigenvalue weighted by Crippen LogP contribution is 2.23. The van der Waals surface area contributed by atoms with Gasteiger partial charge in [-0.25, -0.2) is 0 Å². The van der Waals surface area contributed by atoms with Gasteiger partial charge in [-0.05, 0) is 31.7 Å². The molecule has 2 rings (SSSR count). The molecule has 1 aliphatic rings. The molecule has 1 aromatic carbocycles. The van der Waals surface area contributed by atoms with Gasteiger partial charge in [-0.3, -0.25) is 4.79 Å². The van der Waals surface area contributed by atoms with E-state index in [4.69, 9.17) is 4.74 Å². The second-order valence-electron chi connectivity index (χ2n) is 5.90. The normalized spacial score (nSPS) is 18.5. The van der Waals surface area contributed by atoms with Crippen molar-refractivity contribution in [3.8, 4) is 0 Å². The summed E-state index contributed by atoms with van der Waals surface area (Å²) in [5.74, 6) is -0.506. The minimum absolute atomic E-state index is 0.213. The molecule has 2 unspecified atom stereocenters. The van der Waals surface area contributed by atoms with E-state index in [0.717, 1.165) is 31.9 Å². The van der Waals surface area contributed by atoms with Gasteiger partial charge >= 0.3 is 5.97 Å². The first-order valence-corrected chi connectivity index (χ1v) is 8.06. The van der Waals surface area contributed by atoms with Crippen LogP contribution in [0.2, 0.25) is 0 Å². The molecular formula is C17H26N2O4. The molecule has 1 heterocycles. The maximum absolute atomic E-state index is 11.4. The highest BCUT2D eigenvalue weighted by atomic mass is 16.5. The van der Waals surface area contributed by atoms with Crippen LogP contribution in [0.3, 0.4) is 0 Å². The van der Waals surface area contributed by atoms with E-state index in [-0.39, 0.29) is 13.0 Å². The Bertz CT molecular complexity index is 498. The minimum atomic E-state index is -1.16. The van der Waals surface area contributed by atoms with Crippen molar-refractivity contribution in [1.29, 1.82) is 0 Å². The van der Waals surface area contributed by atoms with Crippen molar-refractivity contribution >= 4 is 11.7 Å². The first-order valence-electron chi connectivity index (χ1n) is 8.06. The Labute approximate surface area is 137 Å². The van der Waals surface area contributed by atoms with Crippen LogP contribution in [0.5, 0.6) is 0 Å². The second-order valence-corrected chi connectivity index (χ2v) is 5.90. The summed E-state index contributed by atoms with van der Waals surface area (Å²) in [7, 11) is 2.11. The summed E-state index contributed by atoms with van der Waals surface area (Å²) in [4.78, 5) is 16.0. The fourth-order valence-electron chi connectivity index (χ4n) is 2.67. The van der Waals surface area contributed by atoms with Crippen molar-refractivity contribution in [3.63, 3.8) is 0 Å². The average Bonchev–Trinajstić information content (AvgIpc) is 2.55. The van der Waals surface area contributed by atoms with E-state index >= 15 is 0 Å². The molecule has 0 bridgehead atoms. The lowest BCUT2D eigenvalue weighted by Gasteiger charge is -2.34. The fraction of sp³-hybridized carbons (Fsp3) is 0.588. The van der Waals surface area contributed by atoms with Crippen molar-refractivity contribution in [2.45, 2.75) is 25.6 Å². The van der Waals surface area contributed by atoms with Crippen LogP contribution in [0.1, 0.15) is 25.0 Å². The summed E-state index contributed by atoms with van der Waals surface area (Å²) in [5, 5.41) is 20.1. The van der Waals surface area contributed by atoms with Crippen LogP contribution in [0.15, 0.2) is 24.3 Å². The number of benzene rings is 1. The van der Waals surface area contributed by atoms with E-state index < -0.39 is 18.2 Å². The zero-order valence-electron chi connectivity index (χ0n) is 13.8. The van der Waals surface area contributed by atoms with Crippen LogP contribution in [0, 0.1) is 0 Å². The molecule has 0 radical (unpaired) electrons. The average molecular weight is 322 g/mol. The molecule has 2 N–H and O–H groups in total. The van der Waals surface area contributed by atoms with Crippen molar-refractivity contribution < 1.29 is 19.7 Å². The molecule has 0 amide bonds. The molecular weight excluding hydrogens is 296 g/mol. The van der Waals surface area contributed by atoms with Crippen LogP contribution in [-0.2, 0) is 9.53 Å². The topological polar surface area (TPSA) is 73.2 Å². The lowest BCUT2D eigenvalue weighted by Crippen LogP contribution is -2.44. The van der Waals surface area contributed by atoms with Crippen LogP contribution in [0.4, 0.5) is 5.69 Å². The van der Waals surface area contributed by atoms with Gasteiger partial charge < -0.3 is 24.7 Å². The van der Waals surface area contributed by atoms with E-state index in [1.165, 1.54) is 0 Å². The number of aliphatic hydroxyl groups is 2. The van der Waals surface area contributed by atoms with Crippen molar-refractivity contribution in [3.05, 3.63) is 29.8 Å². The number of carbonyl (C=O) groups excluding carboxylic acids is 1. The fourth-order valence-corrected chi connectivity index (χ4v) is 2.67. The summed E-state index contributed by atoms with van der Waals surface area (Å²) in [6, 6.07) is 7.49. The van der Waals surface area contributed by atoms with Crippen molar-refractivity contribution in [1.82, 2.24) is 4.90 Å². The highest BCUT2D eigenvalue weighted by molar-refractivity contribution is 5.70. The third kappa shape index (κ3) is 4.92. The van der Waals surface area contributed by atoms with E-state index in [0.29, 0.717) is 5.56 Å². The number of nitrogens with zero attached hydrogens (tertiary/aromatic N) is 2. The number of likely N-dealkylation sites (N-methyl/N-ethyl adjacent to an activating group) is 1. The number of piperazine rings is 1. The molecule has 6 heteroatoms. The van der Waals surface area contributed by atoms with E-state index in [1.807, 2.05) is 12.1 Å². The molecule has 0 aliphatic carbocycles. The first-order chi connectivity index (χ1) is 11.0. The number of ether oxygens (including phenoxy) is 1. The zero-order valence-corrected chi connectivity index (χ0v) is 13.8. The van der Waals surface area contributed by atoms with Gasteiger partial charge in [-0.1, -0.05) is 12.1 Å². The van der Waals surface area contributed by atoms with E-state index in [2.05, 4.69) is 16.8 Å². The quantitative estimate of drug-likeness (QED) is 0.754. The number of hydrogen-bond donors (Lipinski definition) is 2. The first kappa shape index (κ1) is 17.7. The summed E-state index contributed by atoms with van der Waals surface area (Å²) in [6.45, 7) is 5.98. The Kier molecular flexibility index (Phi) is 6.38. The second kappa shape index (κ2) is 8.29. The Morgan fingerprint density at radius 2 is 1.78 bits per heavy atom. The molecule has 0 spiro atoms. The summed E-state index contributed by atoms with van der Waals surface area (Å²) >= 11 is 0. The van der Waals surface area contributed by atoms with E-state index in [1.54, 1.807) is 19.1 Å². The number of esters is 1. The molecule has 1 aliphatic heterocycles. The van der Waals surface area contributed by atoms with Crippen molar-refractivity contribution in [2.75, 3.05) is 44.7 Å². The molecule has 1 saturated heterocycles. The van der Waals surface area contributed by atoms with Crippen LogP contribution >= 0.6 is 0 Å². The van der Waals surface area contributed by atoms with Gasteiger partial charge in [0.25, 0.3) is 0 Å². The van der Waals surface area contributed by atoms with Gasteiger partial charge in [0.2, 0.25) is 0 Å². The minimum Gasteiger partial charge on any atom is -0.466 e. The molecule has 0 saturated carbocycles. The Hall–Kier alpha value is -1.63. The van der Waals surface area contributed by atoms with Gasteiger partial charge in [-0.15, -0.1) is 0 Å². The zero-order chi connectivity index (χ0) is 16.8. The Morgan fingerprint density at radius 3 is 2.35 bits per heavy atom. The number of anilines is 1. The van der Waals surface area contributed by atoms with Crippen LogP contribution in [0.25, 0.3) is 0 Å². The third-order valence-electron chi connectivity index (χ3n) is 4.15. The highest BCUT2D eigenvalue weighted by Gasteiger charge is 2.22.